The fourth-order valence-corrected chi connectivity index (χ4v) is 2.30. The van der Waals surface area contributed by atoms with Gasteiger partial charge in [0.05, 0.1) is 6.04 Å². The number of nitrogens with one attached hydrogen (secondary N) is 1. The minimum Gasteiger partial charge on any atom is -0.306 e. The van der Waals surface area contributed by atoms with Gasteiger partial charge in [-0.05, 0) is 36.4 Å². The lowest BCUT2D eigenvalue weighted by Gasteiger charge is -2.20. The molecule has 0 aliphatic heterocycles. The molecule has 0 heterocycles. The average Bonchev–Trinajstić information content (AvgIpc) is 2.38. The van der Waals surface area contributed by atoms with Gasteiger partial charge in [0.25, 0.3) is 0 Å². The summed E-state index contributed by atoms with van der Waals surface area (Å²) in [6, 6.07) is 10.9. The van der Waals surface area contributed by atoms with Crippen molar-refractivity contribution >= 4 is 15.9 Å². The number of hydrogen-bond donors (Lipinski definition) is 1. The summed E-state index contributed by atoms with van der Waals surface area (Å²) in [6.07, 6.45) is 0. The molecule has 0 saturated heterocycles. The van der Waals surface area contributed by atoms with E-state index < -0.39 is 17.7 Å². The molecule has 4 heteroatoms. The molecule has 0 spiro atoms. The smallest absolute Gasteiger partial charge is 0.131 e. The van der Waals surface area contributed by atoms with E-state index in [1.165, 1.54) is 18.2 Å². The number of hydrogen-bond acceptors (Lipinski definition) is 1. The molecule has 0 radical (unpaired) electrons. The molecule has 0 aliphatic rings. The molecule has 1 nitrogen and oxygen atoms in total. The molecule has 0 fully saturated rings. The van der Waals surface area contributed by atoms with Crippen molar-refractivity contribution < 1.29 is 8.78 Å². The maximum atomic E-state index is 13.9. The van der Waals surface area contributed by atoms with Crippen molar-refractivity contribution in [2.45, 2.75) is 13.0 Å². The SMILES string of the molecule is CCNC(c1ccc(Br)cc1)c1c(F)cccc1F. The Morgan fingerprint density at radius 3 is 2.16 bits per heavy atom. The van der Waals surface area contributed by atoms with Gasteiger partial charge in [-0.3, -0.25) is 0 Å². The second-order valence-corrected chi connectivity index (χ2v) is 5.09. The summed E-state index contributed by atoms with van der Waals surface area (Å²) in [5, 5.41) is 3.12. The highest BCUT2D eigenvalue weighted by Crippen LogP contribution is 2.27. The molecule has 0 aliphatic carbocycles. The van der Waals surface area contributed by atoms with Crippen LogP contribution in [0.1, 0.15) is 24.1 Å². The molecule has 1 atom stereocenters. The van der Waals surface area contributed by atoms with Gasteiger partial charge in [-0.15, -0.1) is 0 Å². The molecule has 0 saturated carbocycles. The zero-order valence-corrected chi connectivity index (χ0v) is 12.0. The molecule has 2 aromatic rings. The fourth-order valence-electron chi connectivity index (χ4n) is 2.03. The average molecular weight is 326 g/mol. The van der Waals surface area contributed by atoms with Gasteiger partial charge in [-0.1, -0.05) is 41.1 Å². The highest BCUT2D eigenvalue weighted by molar-refractivity contribution is 9.10. The summed E-state index contributed by atoms with van der Waals surface area (Å²) in [5.74, 6) is -1.07. The summed E-state index contributed by atoms with van der Waals surface area (Å²) < 4.78 is 28.7. The van der Waals surface area contributed by atoms with Crippen LogP contribution in [0.5, 0.6) is 0 Å². The van der Waals surface area contributed by atoms with E-state index in [1.807, 2.05) is 31.2 Å². The van der Waals surface area contributed by atoms with Crippen LogP contribution in [0.25, 0.3) is 0 Å². The van der Waals surface area contributed by atoms with E-state index >= 15 is 0 Å². The minimum absolute atomic E-state index is 0.0617. The summed E-state index contributed by atoms with van der Waals surface area (Å²) >= 11 is 3.35. The summed E-state index contributed by atoms with van der Waals surface area (Å²) in [7, 11) is 0. The Labute approximate surface area is 119 Å². The van der Waals surface area contributed by atoms with Crippen LogP contribution in [0.3, 0.4) is 0 Å². The van der Waals surface area contributed by atoms with Crippen molar-refractivity contribution in [3.05, 3.63) is 69.7 Å². The Morgan fingerprint density at radius 2 is 1.63 bits per heavy atom. The van der Waals surface area contributed by atoms with Crippen molar-refractivity contribution in [1.29, 1.82) is 0 Å². The predicted molar refractivity (Wildman–Crippen MR) is 76.0 cm³/mol. The molecular formula is C15H14BrF2N. The monoisotopic (exact) mass is 325 g/mol. The third-order valence-corrected chi connectivity index (χ3v) is 3.43. The van der Waals surface area contributed by atoms with E-state index in [4.69, 9.17) is 0 Å². The number of benzene rings is 2. The zero-order chi connectivity index (χ0) is 13.8. The van der Waals surface area contributed by atoms with Crippen LogP contribution < -0.4 is 5.32 Å². The van der Waals surface area contributed by atoms with Gasteiger partial charge in [0, 0.05) is 10.0 Å². The first-order valence-electron chi connectivity index (χ1n) is 6.06. The largest absolute Gasteiger partial charge is 0.306 e. The first kappa shape index (κ1) is 14.2. The standard InChI is InChI=1S/C15H14BrF2N/c1-2-19-15(10-6-8-11(16)9-7-10)14-12(17)4-3-5-13(14)18/h3-9,15,19H,2H2,1H3. The fraction of sp³-hybridized carbons (Fsp3) is 0.200. The van der Waals surface area contributed by atoms with Gasteiger partial charge >= 0.3 is 0 Å². The lowest BCUT2D eigenvalue weighted by Crippen LogP contribution is -2.24. The Hall–Kier alpha value is -1.26. The van der Waals surface area contributed by atoms with Crippen LogP contribution in [0.4, 0.5) is 8.78 Å². The summed E-state index contributed by atoms with van der Waals surface area (Å²) in [6.45, 7) is 2.53. The summed E-state index contributed by atoms with van der Waals surface area (Å²) in [5.41, 5.74) is 0.890. The van der Waals surface area contributed by atoms with Gasteiger partial charge < -0.3 is 5.32 Å². The van der Waals surface area contributed by atoms with Crippen LogP contribution in [0, 0.1) is 11.6 Å². The molecule has 0 amide bonds. The Morgan fingerprint density at radius 1 is 1.05 bits per heavy atom. The first-order chi connectivity index (χ1) is 9.13. The Bertz CT molecular complexity index is 534. The van der Waals surface area contributed by atoms with Crippen LogP contribution in [0.2, 0.25) is 0 Å². The van der Waals surface area contributed by atoms with E-state index in [9.17, 15) is 8.78 Å². The maximum absolute atomic E-state index is 13.9. The van der Waals surface area contributed by atoms with Crippen LogP contribution in [-0.2, 0) is 0 Å². The van der Waals surface area contributed by atoms with E-state index in [2.05, 4.69) is 21.2 Å². The van der Waals surface area contributed by atoms with Gasteiger partial charge in [0.15, 0.2) is 0 Å². The van der Waals surface area contributed by atoms with Gasteiger partial charge in [0.2, 0.25) is 0 Å². The molecule has 1 unspecified atom stereocenters. The molecule has 100 valence electrons. The lowest BCUT2D eigenvalue weighted by atomic mass is 9.97. The van der Waals surface area contributed by atoms with Crippen molar-refractivity contribution in [3.8, 4) is 0 Å². The number of halogens is 3. The zero-order valence-electron chi connectivity index (χ0n) is 10.5. The van der Waals surface area contributed by atoms with Crippen molar-refractivity contribution in [2.24, 2.45) is 0 Å². The van der Waals surface area contributed by atoms with Crippen LogP contribution in [0.15, 0.2) is 46.9 Å². The maximum Gasteiger partial charge on any atom is 0.131 e. The highest BCUT2D eigenvalue weighted by Gasteiger charge is 2.20. The number of rotatable bonds is 4. The second-order valence-electron chi connectivity index (χ2n) is 4.18. The van der Waals surface area contributed by atoms with E-state index in [0.717, 1.165) is 10.0 Å². The van der Waals surface area contributed by atoms with Gasteiger partial charge in [-0.25, -0.2) is 8.78 Å². The van der Waals surface area contributed by atoms with Crippen molar-refractivity contribution in [1.82, 2.24) is 5.32 Å². The molecular weight excluding hydrogens is 312 g/mol. The molecule has 2 rings (SSSR count). The summed E-state index contributed by atoms with van der Waals surface area (Å²) in [4.78, 5) is 0. The van der Waals surface area contributed by atoms with Crippen molar-refractivity contribution in [2.75, 3.05) is 6.54 Å². The third-order valence-electron chi connectivity index (χ3n) is 2.90. The lowest BCUT2D eigenvalue weighted by molar-refractivity contribution is 0.510. The van der Waals surface area contributed by atoms with E-state index in [-0.39, 0.29) is 5.56 Å². The predicted octanol–water partition coefficient (Wildman–Crippen LogP) is 4.43. The van der Waals surface area contributed by atoms with Crippen molar-refractivity contribution in [3.63, 3.8) is 0 Å². The van der Waals surface area contributed by atoms with E-state index in [1.54, 1.807) is 0 Å². The quantitative estimate of drug-likeness (QED) is 0.877. The topological polar surface area (TPSA) is 12.0 Å². The highest BCUT2D eigenvalue weighted by atomic mass is 79.9. The molecule has 19 heavy (non-hydrogen) atoms. The third kappa shape index (κ3) is 3.19. The molecule has 2 aromatic carbocycles. The normalized spacial score (nSPS) is 12.4. The Kier molecular flexibility index (Phi) is 4.66. The van der Waals surface area contributed by atoms with Crippen LogP contribution >= 0.6 is 15.9 Å². The Balaban J connectivity index is 2.48. The minimum atomic E-state index is -0.533. The van der Waals surface area contributed by atoms with Gasteiger partial charge in [-0.2, -0.15) is 0 Å². The van der Waals surface area contributed by atoms with E-state index in [0.29, 0.717) is 6.54 Å². The molecule has 0 bridgehead atoms. The molecule has 0 aromatic heterocycles. The van der Waals surface area contributed by atoms with Crippen LogP contribution in [-0.4, -0.2) is 6.54 Å². The molecule has 1 N–H and O–H groups in total. The first-order valence-corrected chi connectivity index (χ1v) is 6.85. The second kappa shape index (κ2) is 6.26. The van der Waals surface area contributed by atoms with Gasteiger partial charge in [0.1, 0.15) is 11.6 Å².